The van der Waals surface area contributed by atoms with Crippen LogP contribution in [0.25, 0.3) is 0 Å². The summed E-state index contributed by atoms with van der Waals surface area (Å²) in [6, 6.07) is 8.96. The lowest BCUT2D eigenvalue weighted by molar-refractivity contribution is 0.0535. The van der Waals surface area contributed by atoms with Crippen molar-refractivity contribution >= 4 is 33.1 Å². The van der Waals surface area contributed by atoms with Crippen LogP contribution in [0.15, 0.2) is 39.9 Å². The zero-order valence-corrected chi connectivity index (χ0v) is 22.4. The second-order valence-electron chi connectivity index (χ2n) is 9.77. The van der Waals surface area contributed by atoms with Crippen molar-refractivity contribution in [2.45, 2.75) is 50.0 Å². The van der Waals surface area contributed by atoms with Gasteiger partial charge in [-0.3, -0.25) is 0 Å². The lowest BCUT2D eigenvalue weighted by Gasteiger charge is -2.36. The van der Waals surface area contributed by atoms with E-state index >= 15 is 0 Å². The van der Waals surface area contributed by atoms with E-state index in [2.05, 4.69) is 22.1 Å². The van der Waals surface area contributed by atoms with Crippen molar-refractivity contribution in [2.75, 3.05) is 37.6 Å². The van der Waals surface area contributed by atoms with Crippen molar-refractivity contribution < 1.29 is 23.1 Å². The number of nitrogens with one attached hydrogen (secondary N) is 1. The number of aliphatic hydroxyl groups is 1. The molecule has 2 aromatic rings. The van der Waals surface area contributed by atoms with Crippen LogP contribution in [-0.4, -0.2) is 62.2 Å². The van der Waals surface area contributed by atoms with Crippen LogP contribution in [0.2, 0.25) is 0 Å². The molecule has 35 heavy (non-hydrogen) atoms. The molecule has 0 atom stereocenters. The Morgan fingerprint density at radius 1 is 1.14 bits per heavy atom. The maximum absolute atomic E-state index is 12.9. The number of piperazine rings is 1. The second-order valence-corrected chi connectivity index (χ2v) is 12.9. The molecule has 0 unspecified atom stereocenters. The third-order valence-electron chi connectivity index (χ3n) is 5.31. The largest absolute Gasteiger partial charge is 0.444 e. The van der Waals surface area contributed by atoms with Gasteiger partial charge in [-0.1, -0.05) is 24.0 Å². The van der Waals surface area contributed by atoms with Crippen molar-refractivity contribution in [3.63, 3.8) is 0 Å². The van der Waals surface area contributed by atoms with E-state index in [1.54, 1.807) is 52.1 Å². The number of alkyl carbamates (subject to hydrolysis) is 1. The number of hydrogen-bond donors (Lipinski definition) is 2. The molecule has 1 saturated heterocycles. The van der Waals surface area contributed by atoms with Crippen molar-refractivity contribution in [1.82, 2.24) is 9.62 Å². The van der Waals surface area contributed by atoms with Crippen LogP contribution in [-0.2, 0) is 20.4 Å². The highest BCUT2D eigenvalue weighted by Gasteiger charge is 2.30. The van der Waals surface area contributed by atoms with Gasteiger partial charge in [0, 0.05) is 31.7 Å². The first-order valence-electron chi connectivity index (χ1n) is 11.4. The van der Waals surface area contributed by atoms with Gasteiger partial charge in [0.15, 0.2) is 0 Å². The maximum Gasteiger partial charge on any atom is 0.408 e. The van der Waals surface area contributed by atoms with E-state index in [0.29, 0.717) is 41.5 Å². The summed E-state index contributed by atoms with van der Waals surface area (Å²) in [6.07, 6.45) is -0.541. The van der Waals surface area contributed by atoms with Gasteiger partial charge in [0.1, 0.15) is 9.81 Å². The highest BCUT2D eigenvalue weighted by atomic mass is 32.2. The average Bonchev–Trinajstić information content (AvgIpc) is 3.31. The van der Waals surface area contributed by atoms with Crippen LogP contribution in [0.5, 0.6) is 0 Å². The molecule has 1 aliphatic rings. The average molecular weight is 520 g/mol. The van der Waals surface area contributed by atoms with Crippen LogP contribution in [0.1, 0.15) is 45.7 Å². The van der Waals surface area contributed by atoms with E-state index in [1.165, 1.54) is 15.6 Å². The van der Waals surface area contributed by atoms with Crippen molar-refractivity contribution in [3.05, 3.63) is 46.8 Å². The molecule has 2 heterocycles. The first-order chi connectivity index (χ1) is 16.3. The molecule has 10 heteroatoms. The molecule has 0 aliphatic carbocycles. The van der Waals surface area contributed by atoms with E-state index in [0.717, 1.165) is 5.69 Å². The Morgan fingerprint density at radius 2 is 1.83 bits per heavy atom. The van der Waals surface area contributed by atoms with E-state index < -0.39 is 27.3 Å². The van der Waals surface area contributed by atoms with Gasteiger partial charge in [-0.05, 0) is 63.8 Å². The predicted molar refractivity (Wildman–Crippen MR) is 138 cm³/mol. The number of carbonyl (C=O) groups is 1. The monoisotopic (exact) mass is 519 g/mol. The summed E-state index contributed by atoms with van der Waals surface area (Å²) in [6.45, 7) is 10.6. The van der Waals surface area contributed by atoms with Gasteiger partial charge in [0.2, 0.25) is 0 Å². The van der Waals surface area contributed by atoms with E-state index in [4.69, 9.17) is 4.74 Å². The predicted octanol–water partition coefficient (Wildman–Crippen LogP) is 3.36. The third-order valence-corrected chi connectivity index (χ3v) is 8.59. The molecule has 3 rings (SSSR count). The molecule has 1 amide bonds. The van der Waals surface area contributed by atoms with Crippen molar-refractivity contribution in [3.8, 4) is 11.8 Å². The lowest BCUT2D eigenvalue weighted by Crippen LogP contribution is -2.48. The maximum atomic E-state index is 12.9. The quantitative estimate of drug-likeness (QED) is 0.588. The summed E-state index contributed by atoms with van der Waals surface area (Å²) in [5.74, 6) is 6.05. The Labute approximate surface area is 211 Å². The number of rotatable bonds is 5. The molecule has 0 spiro atoms. The molecule has 1 aromatic carbocycles. The van der Waals surface area contributed by atoms with Crippen molar-refractivity contribution in [1.29, 1.82) is 0 Å². The molecule has 1 aliphatic heterocycles. The van der Waals surface area contributed by atoms with Gasteiger partial charge < -0.3 is 20.1 Å². The fourth-order valence-electron chi connectivity index (χ4n) is 3.57. The molecular weight excluding hydrogens is 486 g/mol. The van der Waals surface area contributed by atoms with Crippen molar-refractivity contribution in [2.24, 2.45) is 0 Å². The molecular formula is C25H33N3O5S2. The van der Waals surface area contributed by atoms with Gasteiger partial charge in [0.25, 0.3) is 10.0 Å². The first-order valence-corrected chi connectivity index (χ1v) is 13.7. The SMILES string of the molecule is CC(C)(C)OC(=O)NCC#Cc1cc(C(C)(C)O)ccc1N1CCN(S(=O)(=O)c2cccs2)CC1. The Hall–Kier alpha value is -2.58. The minimum atomic E-state index is -3.49. The number of hydrogen-bond acceptors (Lipinski definition) is 7. The van der Waals surface area contributed by atoms with E-state index in [9.17, 15) is 18.3 Å². The fourth-order valence-corrected chi connectivity index (χ4v) is 6.14. The van der Waals surface area contributed by atoms with E-state index in [-0.39, 0.29) is 6.54 Å². The topological polar surface area (TPSA) is 99.2 Å². The van der Waals surface area contributed by atoms with E-state index in [1.807, 2.05) is 18.2 Å². The lowest BCUT2D eigenvalue weighted by atomic mass is 9.95. The number of nitrogens with zero attached hydrogens (tertiary/aromatic N) is 2. The normalized spacial score (nSPS) is 15.3. The van der Waals surface area contributed by atoms with Gasteiger partial charge in [-0.25, -0.2) is 13.2 Å². The highest BCUT2D eigenvalue weighted by molar-refractivity contribution is 7.91. The molecule has 190 valence electrons. The fraction of sp³-hybridized carbons (Fsp3) is 0.480. The van der Waals surface area contributed by atoms with Crippen LogP contribution in [0, 0.1) is 11.8 Å². The van der Waals surface area contributed by atoms with Crippen LogP contribution in [0.4, 0.5) is 10.5 Å². The zero-order chi connectivity index (χ0) is 25.9. The van der Waals surface area contributed by atoms with Crippen LogP contribution in [0.3, 0.4) is 0 Å². The highest BCUT2D eigenvalue weighted by Crippen LogP contribution is 2.29. The summed E-state index contributed by atoms with van der Waals surface area (Å²) >= 11 is 1.22. The summed E-state index contributed by atoms with van der Waals surface area (Å²) in [5, 5.41) is 14.9. The Bertz CT molecular complexity index is 1190. The van der Waals surface area contributed by atoms with Gasteiger partial charge in [-0.2, -0.15) is 4.31 Å². The summed E-state index contributed by atoms with van der Waals surface area (Å²) < 4.78 is 32.8. The number of thiophene rings is 1. The number of sulfonamides is 1. The summed E-state index contributed by atoms with van der Waals surface area (Å²) in [7, 11) is -3.49. The first kappa shape index (κ1) is 27.0. The molecule has 0 bridgehead atoms. The smallest absolute Gasteiger partial charge is 0.408 e. The molecule has 8 nitrogen and oxygen atoms in total. The Kier molecular flexibility index (Phi) is 8.17. The molecule has 0 saturated carbocycles. The Balaban J connectivity index is 1.76. The number of ether oxygens (including phenoxy) is 1. The Morgan fingerprint density at radius 3 is 2.40 bits per heavy atom. The number of anilines is 1. The summed E-state index contributed by atoms with van der Waals surface area (Å²) in [4.78, 5) is 14.0. The minimum Gasteiger partial charge on any atom is -0.444 e. The van der Waals surface area contributed by atoms with Crippen LogP contribution < -0.4 is 10.2 Å². The second kappa shape index (κ2) is 10.6. The molecule has 1 fully saturated rings. The third kappa shape index (κ3) is 7.21. The van der Waals surface area contributed by atoms with Gasteiger partial charge >= 0.3 is 6.09 Å². The molecule has 1 aromatic heterocycles. The van der Waals surface area contributed by atoms with Gasteiger partial charge in [0.05, 0.1) is 17.8 Å². The number of carbonyl (C=O) groups excluding carboxylic acids is 1. The zero-order valence-electron chi connectivity index (χ0n) is 20.8. The standard InChI is InChI=1S/C25H33N3O5S2/c1-24(2,3)33-23(29)26-12-6-8-19-18-20(25(4,5)30)10-11-21(19)27-13-15-28(16-14-27)35(31,32)22-9-7-17-34-22/h7,9-11,17-18,30H,12-16H2,1-5H3,(H,26,29). The summed E-state index contributed by atoms with van der Waals surface area (Å²) in [5.41, 5.74) is 0.632. The molecule has 2 N–H and O–H groups in total. The number of amides is 1. The van der Waals surface area contributed by atoms with Gasteiger partial charge in [-0.15, -0.1) is 11.3 Å². The molecule has 0 radical (unpaired) electrons. The number of benzene rings is 1. The van der Waals surface area contributed by atoms with Crippen LogP contribution >= 0.6 is 11.3 Å². The minimum absolute atomic E-state index is 0.105.